The maximum Gasteiger partial charge on any atom is 0.373 e. The second kappa shape index (κ2) is 9.36. The third kappa shape index (κ3) is 4.68. The molecule has 3 rings (SSSR count). The van der Waals surface area contributed by atoms with Crippen LogP contribution in [-0.4, -0.2) is 12.8 Å². The fourth-order valence-corrected chi connectivity index (χ4v) is 3.98. The van der Waals surface area contributed by atoms with Gasteiger partial charge in [-0.25, -0.2) is 0 Å². The van der Waals surface area contributed by atoms with Crippen molar-refractivity contribution in [2.75, 3.05) is 6.61 Å². The van der Waals surface area contributed by atoms with Gasteiger partial charge in [-0.2, -0.15) is 20.9 Å². The summed E-state index contributed by atoms with van der Waals surface area (Å²) >= 11 is 1.78. The van der Waals surface area contributed by atoms with Crippen molar-refractivity contribution in [2.45, 2.75) is 46.5 Å². The number of allylic oxidation sites excluding steroid dienone is 1. The molecule has 1 aromatic heterocycles. The lowest BCUT2D eigenvalue weighted by Crippen LogP contribution is -2.04. The van der Waals surface area contributed by atoms with Crippen molar-refractivity contribution < 1.29 is 14.3 Å². The Kier molecular flexibility index (Phi) is 7.17. The molecule has 3 nitrogen and oxygen atoms in total. The lowest BCUT2D eigenvalue weighted by molar-refractivity contribution is -0.191. The fraction of sp³-hybridized carbons (Fsp3) is 0.381. The highest BCUT2D eigenvalue weighted by Crippen LogP contribution is 2.35. The van der Waals surface area contributed by atoms with Crippen molar-refractivity contribution in [3.8, 4) is 5.75 Å². The zero-order valence-corrected chi connectivity index (χ0v) is 15.9. The molecular formula is C21H24O3S. The van der Waals surface area contributed by atoms with E-state index in [-0.39, 0.29) is 6.15 Å². The molecule has 0 aliphatic heterocycles. The van der Waals surface area contributed by atoms with Crippen molar-refractivity contribution in [3.63, 3.8) is 0 Å². The van der Waals surface area contributed by atoms with E-state index < -0.39 is 0 Å². The molecule has 1 aliphatic rings. The van der Waals surface area contributed by atoms with E-state index in [9.17, 15) is 0 Å². The van der Waals surface area contributed by atoms with Gasteiger partial charge < -0.3 is 4.74 Å². The predicted molar refractivity (Wildman–Crippen MR) is 101 cm³/mol. The molecule has 0 radical (unpaired) electrons. The Morgan fingerprint density at radius 1 is 1.12 bits per heavy atom. The second-order valence-electron chi connectivity index (χ2n) is 6.15. The number of carbonyl (C=O) groups excluding carboxylic acids is 2. The van der Waals surface area contributed by atoms with Gasteiger partial charge in [0, 0.05) is 0 Å². The summed E-state index contributed by atoms with van der Waals surface area (Å²) in [6.45, 7) is 7.31. The summed E-state index contributed by atoms with van der Waals surface area (Å²) in [5.74, 6) is 1.04. The first kappa shape index (κ1) is 19.2. The van der Waals surface area contributed by atoms with Crippen molar-refractivity contribution in [1.82, 2.24) is 0 Å². The summed E-state index contributed by atoms with van der Waals surface area (Å²) in [5, 5.41) is 4.42. The normalized spacial score (nSPS) is 13.2. The van der Waals surface area contributed by atoms with Crippen molar-refractivity contribution in [3.05, 3.63) is 56.8 Å². The monoisotopic (exact) mass is 356 g/mol. The SMILES string of the molecule is CCc1ccc(OCC2=C(c3ccsc3)CCC2)c(C)c1C.O=C=O. The average Bonchev–Trinajstić information content (AvgIpc) is 3.27. The molecule has 0 saturated heterocycles. The Morgan fingerprint density at radius 3 is 2.52 bits per heavy atom. The summed E-state index contributed by atoms with van der Waals surface area (Å²) in [6.07, 6.45) is 4.97. The van der Waals surface area contributed by atoms with Gasteiger partial charge in [0.2, 0.25) is 0 Å². The molecule has 2 aromatic rings. The standard InChI is InChI=1S/C20H24OS.CO2/c1-4-16-8-9-20(15(3)14(16)2)21-12-17-6-5-7-19(17)18-10-11-22-13-18;2-1-3/h8-11,13H,4-7,12H2,1-3H3;. The minimum atomic E-state index is 0.250. The first-order chi connectivity index (χ1) is 12.1. The molecule has 0 fully saturated rings. The van der Waals surface area contributed by atoms with Crippen LogP contribution in [0, 0.1) is 13.8 Å². The molecular weight excluding hydrogens is 332 g/mol. The summed E-state index contributed by atoms with van der Waals surface area (Å²) in [7, 11) is 0. The molecule has 0 N–H and O–H groups in total. The Bertz CT molecular complexity index is 767. The number of hydrogen-bond donors (Lipinski definition) is 0. The predicted octanol–water partition coefficient (Wildman–Crippen LogP) is 5.36. The van der Waals surface area contributed by atoms with Crippen molar-refractivity contribution >= 4 is 23.1 Å². The number of aryl methyl sites for hydroxylation is 1. The number of benzene rings is 1. The van der Waals surface area contributed by atoms with Gasteiger partial charge >= 0.3 is 6.15 Å². The van der Waals surface area contributed by atoms with Crippen LogP contribution in [0.1, 0.15) is 48.4 Å². The quantitative estimate of drug-likeness (QED) is 0.724. The van der Waals surface area contributed by atoms with Crippen LogP contribution in [0.2, 0.25) is 0 Å². The number of ether oxygens (including phenoxy) is 1. The molecule has 0 saturated carbocycles. The maximum absolute atomic E-state index is 8.12. The summed E-state index contributed by atoms with van der Waals surface area (Å²) < 4.78 is 6.17. The second-order valence-corrected chi connectivity index (χ2v) is 6.93. The molecule has 0 atom stereocenters. The lowest BCUT2D eigenvalue weighted by Gasteiger charge is -2.15. The highest BCUT2D eigenvalue weighted by atomic mass is 32.1. The first-order valence-corrected chi connectivity index (χ1v) is 9.51. The minimum Gasteiger partial charge on any atom is -0.489 e. The maximum atomic E-state index is 8.12. The Balaban J connectivity index is 0.000000701. The van der Waals surface area contributed by atoms with Crippen LogP contribution >= 0.6 is 11.3 Å². The van der Waals surface area contributed by atoms with E-state index in [2.05, 4.69) is 49.7 Å². The smallest absolute Gasteiger partial charge is 0.373 e. The fourth-order valence-electron chi connectivity index (χ4n) is 3.31. The lowest BCUT2D eigenvalue weighted by atomic mass is 10.0. The van der Waals surface area contributed by atoms with Gasteiger partial charge in [-0.15, -0.1) is 0 Å². The topological polar surface area (TPSA) is 43.4 Å². The molecule has 0 unspecified atom stereocenters. The van der Waals surface area contributed by atoms with Crippen LogP contribution in [0.3, 0.4) is 0 Å². The summed E-state index contributed by atoms with van der Waals surface area (Å²) in [5.41, 5.74) is 8.48. The highest BCUT2D eigenvalue weighted by Gasteiger charge is 2.17. The summed E-state index contributed by atoms with van der Waals surface area (Å²) in [4.78, 5) is 16.2. The molecule has 0 spiro atoms. The zero-order chi connectivity index (χ0) is 18.2. The van der Waals surface area contributed by atoms with E-state index in [0.717, 1.165) is 18.8 Å². The molecule has 25 heavy (non-hydrogen) atoms. The van der Waals surface area contributed by atoms with Gasteiger partial charge in [0.15, 0.2) is 0 Å². The largest absolute Gasteiger partial charge is 0.489 e. The van der Waals surface area contributed by atoms with Gasteiger partial charge in [-0.05, 0) is 95.8 Å². The van der Waals surface area contributed by atoms with E-state index in [1.165, 1.54) is 52.7 Å². The van der Waals surface area contributed by atoms with Gasteiger partial charge in [0.05, 0.1) is 0 Å². The number of rotatable bonds is 5. The highest BCUT2D eigenvalue weighted by molar-refractivity contribution is 7.08. The number of thiophene rings is 1. The van der Waals surface area contributed by atoms with Crippen LogP contribution in [-0.2, 0) is 16.0 Å². The van der Waals surface area contributed by atoms with Gasteiger partial charge in [-0.1, -0.05) is 13.0 Å². The first-order valence-electron chi connectivity index (χ1n) is 8.57. The van der Waals surface area contributed by atoms with Crippen LogP contribution in [0.15, 0.2) is 34.5 Å². The van der Waals surface area contributed by atoms with Gasteiger partial charge in [0.1, 0.15) is 12.4 Å². The summed E-state index contributed by atoms with van der Waals surface area (Å²) in [6, 6.07) is 6.58. The van der Waals surface area contributed by atoms with Crippen LogP contribution < -0.4 is 4.74 Å². The van der Waals surface area contributed by atoms with E-state index in [1.807, 2.05) is 0 Å². The van der Waals surface area contributed by atoms with Crippen LogP contribution in [0.4, 0.5) is 0 Å². The zero-order valence-electron chi connectivity index (χ0n) is 15.1. The molecule has 1 heterocycles. The van der Waals surface area contributed by atoms with E-state index in [1.54, 1.807) is 11.3 Å². The number of hydrogen-bond acceptors (Lipinski definition) is 4. The van der Waals surface area contributed by atoms with Crippen molar-refractivity contribution in [1.29, 1.82) is 0 Å². The average molecular weight is 356 g/mol. The minimum absolute atomic E-state index is 0.250. The molecule has 4 heteroatoms. The van der Waals surface area contributed by atoms with Crippen LogP contribution in [0.5, 0.6) is 5.75 Å². The Morgan fingerprint density at radius 2 is 1.88 bits per heavy atom. The molecule has 132 valence electrons. The Hall–Kier alpha value is -2.16. The molecule has 0 bridgehead atoms. The van der Waals surface area contributed by atoms with E-state index >= 15 is 0 Å². The Labute approximate surface area is 153 Å². The molecule has 1 aliphatic carbocycles. The van der Waals surface area contributed by atoms with E-state index in [0.29, 0.717) is 0 Å². The van der Waals surface area contributed by atoms with Gasteiger partial charge in [0.25, 0.3) is 0 Å². The molecule has 0 amide bonds. The van der Waals surface area contributed by atoms with Gasteiger partial charge in [-0.3, -0.25) is 0 Å². The third-order valence-corrected chi connectivity index (χ3v) is 5.52. The van der Waals surface area contributed by atoms with E-state index in [4.69, 9.17) is 14.3 Å². The third-order valence-electron chi connectivity index (χ3n) is 4.83. The molecule has 1 aromatic carbocycles. The van der Waals surface area contributed by atoms with Crippen molar-refractivity contribution in [2.24, 2.45) is 0 Å². The van der Waals surface area contributed by atoms with Crippen LogP contribution in [0.25, 0.3) is 5.57 Å².